The number of piperidine rings is 1. The molecular weight excluding hydrogens is 450 g/mol. The molecule has 1 aliphatic carbocycles. The van der Waals surface area contributed by atoms with Gasteiger partial charge in [0.15, 0.2) is 0 Å². The molecule has 0 radical (unpaired) electrons. The van der Waals surface area contributed by atoms with Crippen LogP contribution in [0.3, 0.4) is 0 Å². The zero-order valence-electron chi connectivity index (χ0n) is 18.0. The van der Waals surface area contributed by atoms with Gasteiger partial charge in [-0.05, 0) is 61.6 Å². The van der Waals surface area contributed by atoms with E-state index in [0.29, 0.717) is 30.4 Å². The zero-order valence-corrected chi connectivity index (χ0v) is 18.0. The maximum Gasteiger partial charge on any atom is 0.417 e. The molecule has 0 aromatic carbocycles. The Morgan fingerprint density at radius 1 is 1.12 bits per heavy atom. The lowest BCUT2D eigenvalue weighted by Crippen LogP contribution is -2.52. The van der Waals surface area contributed by atoms with Crippen LogP contribution < -0.4 is 5.32 Å². The maximum absolute atomic E-state index is 14.4. The highest BCUT2D eigenvalue weighted by Gasteiger charge is 2.53. The number of nitrogens with zero attached hydrogens (tertiary/aromatic N) is 4. The highest BCUT2D eigenvalue weighted by Crippen LogP contribution is 2.47. The summed E-state index contributed by atoms with van der Waals surface area (Å²) in [6, 6.07) is 8.27. The molecule has 2 fully saturated rings. The molecule has 6 nitrogen and oxygen atoms in total. The topological polar surface area (TPSA) is 71.0 Å². The van der Waals surface area contributed by atoms with Crippen LogP contribution in [0.4, 0.5) is 23.4 Å². The first-order valence-corrected chi connectivity index (χ1v) is 10.9. The largest absolute Gasteiger partial charge is 0.417 e. The first-order chi connectivity index (χ1) is 16.3. The Morgan fingerprint density at radius 3 is 2.62 bits per heavy atom. The third kappa shape index (κ3) is 3.97. The Morgan fingerprint density at radius 2 is 1.91 bits per heavy atom. The molecular formula is C24H21F4N5O. The molecule has 4 heterocycles. The summed E-state index contributed by atoms with van der Waals surface area (Å²) in [5, 5.41) is 3.11. The summed E-state index contributed by atoms with van der Waals surface area (Å²) in [5.41, 5.74) is -0.840. The van der Waals surface area contributed by atoms with Gasteiger partial charge < -0.3 is 10.2 Å². The third-order valence-corrected chi connectivity index (χ3v) is 6.66. The molecule has 10 heteroatoms. The third-order valence-electron chi connectivity index (χ3n) is 6.66. The van der Waals surface area contributed by atoms with E-state index in [4.69, 9.17) is 0 Å². The number of rotatable bonds is 5. The number of fused-ring (bicyclic) bond motifs is 2. The van der Waals surface area contributed by atoms with Gasteiger partial charge in [0.2, 0.25) is 0 Å². The van der Waals surface area contributed by atoms with Crippen LogP contribution in [0, 0.1) is 11.7 Å². The minimum atomic E-state index is -4.45. The number of pyridine rings is 3. The van der Waals surface area contributed by atoms with Crippen LogP contribution in [0.15, 0.2) is 55.0 Å². The van der Waals surface area contributed by atoms with Crippen molar-refractivity contribution in [2.45, 2.75) is 31.0 Å². The number of amides is 1. The molecule has 34 heavy (non-hydrogen) atoms. The predicted octanol–water partition coefficient (Wildman–Crippen LogP) is 4.80. The molecule has 5 rings (SSSR count). The highest BCUT2D eigenvalue weighted by molar-refractivity contribution is 5.99. The van der Waals surface area contributed by atoms with Gasteiger partial charge in [0, 0.05) is 37.2 Å². The van der Waals surface area contributed by atoms with Gasteiger partial charge >= 0.3 is 6.18 Å². The Hall–Kier alpha value is -3.56. The fourth-order valence-corrected chi connectivity index (χ4v) is 5.02. The number of likely N-dealkylation sites (tertiary alicyclic amines) is 1. The molecule has 3 aromatic heterocycles. The number of nitrogens with one attached hydrogen (secondary N) is 1. The van der Waals surface area contributed by atoms with Crippen molar-refractivity contribution in [3.63, 3.8) is 0 Å². The van der Waals surface area contributed by atoms with Gasteiger partial charge in [-0.3, -0.25) is 14.8 Å². The van der Waals surface area contributed by atoms with Crippen LogP contribution in [0.25, 0.3) is 11.3 Å². The second kappa shape index (κ2) is 8.34. The van der Waals surface area contributed by atoms with Crippen molar-refractivity contribution >= 4 is 11.7 Å². The number of halogens is 4. The van der Waals surface area contributed by atoms with Gasteiger partial charge in [-0.25, -0.2) is 9.37 Å². The van der Waals surface area contributed by atoms with Gasteiger partial charge in [0.25, 0.3) is 5.91 Å². The number of alkyl halides is 3. The minimum absolute atomic E-state index is 0.0597. The summed E-state index contributed by atoms with van der Waals surface area (Å²) >= 11 is 0. The van der Waals surface area contributed by atoms with E-state index in [2.05, 4.69) is 20.3 Å². The number of carbonyl (C=O) groups excluding carboxylic acids is 1. The fourth-order valence-electron chi connectivity index (χ4n) is 5.02. The van der Waals surface area contributed by atoms with E-state index >= 15 is 0 Å². The fraction of sp³-hybridized carbons (Fsp3) is 0.333. The molecule has 1 N–H and O–H groups in total. The summed E-state index contributed by atoms with van der Waals surface area (Å²) < 4.78 is 52.9. The van der Waals surface area contributed by atoms with Gasteiger partial charge in [-0.15, -0.1) is 0 Å². The highest BCUT2D eigenvalue weighted by atomic mass is 19.4. The summed E-state index contributed by atoms with van der Waals surface area (Å²) in [7, 11) is 0. The molecule has 1 saturated heterocycles. The summed E-state index contributed by atoms with van der Waals surface area (Å²) in [6.45, 7) is 0.884. The van der Waals surface area contributed by atoms with Crippen LogP contribution >= 0.6 is 0 Å². The average Bonchev–Trinajstić information content (AvgIpc) is 3.41. The quantitative estimate of drug-likeness (QED) is 0.541. The van der Waals surface area contributed by atoms with Gasteiger partial charge in [0.05, 0.1) is 11.1 Å². The molecule has 2 aliphatic rings. The molecule has 3 aromatic rings. The minimum Gasteiger partial charge on any atom is -0.368 e. The normalized spacial score (nSPS) is 21.6. The summed E-state index contributed by atoms with van der Waals surface area (Å²) in [5.74, 6) is -0.230. The van der Waals surface area contributed by atoms with E-state index < -0.39 is 23.1 Å². The second-order valence-electron chi connectivity index (χ2n) is 8.77. The maximum atomic E-state index is 14.4. The van der Waals surface area contributed by atoms with Crippen molar-refractivity contribution in [1.82, 2.24) is 19.9 Å². The second-order valence-corrected chi connectivity index (χ2v) is 8.77. The number of hydrogen-bond donors (Lipinski definition) is 1. The molecule has 176 valence electrons. The van der Waals surface area contributed by atoms with E-state index in [1.807, 2.05) is 0 Å². The lowest BCUT2D eigenvalue weighted by Gasteiger charge is -2.39. The van der Waals surface area contributed by atoms with E-state index in [1.54, 1.807) is 17.0 Å². The van der Waals surface area contributed by atoms with Gasteiger partial charge in [0.1, 0.15) is 23.0 Å². The van der Waals surface area contributed by atoms with Crippen LogP contribution in [-0.2, 0) is 6.18 Å². The van der Waals surface area contributed by atoms with E-state index in [0.717, 1.165) is 31.5 Å². The molecule has 2 unspecified atom stereocenters. The first kappa shape index (κ1) is 22.2. The lowest BCUT2D eigenvalue weighted by molar-refractivity contribution is -0.137. The van der Waals surface area contributed by atoms with Crippen LogP contribution in [0.5, 0.6) is 0 Å². The van der Waals surface area contributed by atoms with Gasteiger partial charge in [-0.2, -0.15) is 13.2 Å². The summed E-state index contributed by atoms with van der Waals surface area (Å²) in [6.07, 6.45) is 1.75. The van der Waals surface area contributed by atoms with Crippen LogP contribution in [0.1, 0.15) is 35.3 Å². The smallest absolute Gasteiger partial charge is 0.368 e. The van der Waals surface area contributed by atoms with Crippen LogP contribution in [-0.4, -0.2) is 44.4 Å². The number of hydrogen-bond acceptors (Lipinski definition) is 5. The average molecular weight is 471 g/mol. The van der Waals surface area contributed by atoms with Crippen molar-refractivity contribution in [2.24, 2.45) is 5.92 Å². The monoisotopic (exact) mass is 471 g/mol. The molecule has 2 atom stereocenters. The number of carbonyl (C=O) groups is 1. The van der Waals surface area contributed by atoms with E-state index in [9.17, 15) is 22.4 Å². The molecule has 0 spiro atoms. The zero-order chi connectivity index (χ0) is 23.9. The first-order valence-electron chi connectivity index (χ1n) is 10.9. The van der Waals surface area contributed by atoms with Crippen molar-refractivity contribution < 1.29 is 22.4 Å². The molecule has 1 aliphatic heterocycles. The van der Waals surface area contributed by atoms with Crippen molar-refractivity contribution in [1.29, 1.82) is 0 Å². The lowest BCUT2D eigenvalue weighted by atomic mass is 9.95. The van der Waals surface area contributed by atoms with Crippen molar-refractivity contribution in [3.05, 3.63) is 72.1 Å². The Kier molecular flexibility index (Phi) is 5.45. The Bertz CT molecular complexity index is 1220. The van der Waals surface area contributed by atoms with E-state index in [-0.39, 0.29) is 17.3 Å². The van der Waals surface area contributed by atoms with Crippen molar-refractivity contribution in [2.75, 3.05) is 18.4 Å². The molecule has 2 bridgehead atoms. The number of anilines is 1. The van der Waals surface area contributed by atoms with Crippen molar-refractivity contribution in [3.8, 4) is 11.3 Å². The number of aromatic nitrogens is 3. The molecule has 1 saturated carbocycles. The SMILES string of the molecule is O=C(c1ncccc1-c1ncccc1F)N1CC2CCC1(CNc1ccc(C(F)(F)F)cn1)C2. The van der Waals surface area contributed by atoms with Gasteiger partial charge in [-0.1, -0.05) is 0 Å². The van der Waals surface area contributed by atoms with Crippen LogP contribution in [0.2, 0.25) is 0 Å². The molecule has 1 amide bonds. The standard InChI is InChI=1S/C24H21F4N5O/c25-18-4-2-10-29-20(18)17-3-1-9-30-21(17)22(34)33-13-15-7-8-23(33,11-15)14-32-19-6-5-16(12-31-19)24(26,27)28/h1-6,9-10,12,15H,7-8,11,13-14H2,(H,31,32). The summed E-state index contributed by atoms with van der Waals surface area (Å²) in [4.78, 5) is 27.7. The van der Waals surface area contributed by atoms with E-state index in [1.165, 1.54) is 30.6 Å². The Labute approximate surface area is 193 Å². The predicted molar refractivity (Wildman–Crippen MR) is 116 cm³/mol. The Balaban J connectivity index is 1.39.